The summed E-state index contributed by atoms with van der Waals surface area (Å²) in [5, 5.41) is 38.7. The molecule has 0 radical (unpaired) electrons. The molecule has 1 aromatic heterocycles. The number of carbonyl (C=O) groups is 1. The number of piperazine rings is 1. The molecule has 68 heavy (non-hydrogen) atoms. The molecule has 3 N–H and O–H groups in total. The number of hydroxylamine groups is 1. The summed E-state index contributed by atoms with van der Waals surface area (Å²) in [5.74, 6) is -0.277. The Morgan fingerprint density at radius 2 is 1.56 bits per heavy atom. The standard InChI is InChI=1S/C52H59ClN7O6PS/c1-35(2)59-36(3)49(52(61)62)50(51(59)38-14-18-40(53)19-15-38)39-10-9-11-43(32-39)57-30-28-56(29-31-57)42-20-16-37(17-21-42)48-25-27-58(63)67(48,66)44-22-23-46(47(33-44)60(64)65)54-41(24-26-55(4)5)34-68-45-12-7-6-8-13-45/h6-23,32-33,35,41,48,54,63H,24-31,34H2,1-5H3,(H,61,62)/t41-,48+,67?/m1/s1. The first-order valence-corrected chi connectivity index (χ1v) is 26.1. The van der Waals surface area contributed by atoms with Gasteiger partial charge in [-0.2, -0.15) is 0 Å². The van der Waals surface area contributed by atoms with E-state index in [2.05, 4.69) is 50.6 Å². The van der Waals surface area contributed by atoms with Crippen molar-refractivity contribution in [1.82, 2.24) is 14.3 Å². The molecule has 2 aliphatic rings. The van der Waals surface area contributed by atoms with Gasteiger partial charge < -0.3 is 34.9 Å². The lowest BCUT2D eigenvalue weighted by Gasteiger charge is -2.37. The lowest BCUT2D eigenvalue weighted by atomic mass is 9.96. The van der Waals surface area contributed by atoms with Gasteiger partial charge in [0, 0.05) is 94.5 Å². The van der Waals surface area contributed by atoms with Crippen molar-refractivity contribution < 1.29 is 24.6 Å². The maximum Gasteiger partial charge on any atom is 0.338 e. The second-order valence-electron chi connectivity index (χ2n) is 18.1. The molecule has 3 heterocycles. The second kappa shape index (κ2) is 21.0. The number of carboxylic acids is 1. The molecule has 6 aromatic rings. The summed E-state index contributed by atoms with van der Waals surface area (Å²) in [7, 11) is 0.287. The van der Waals surface area contributed by atoms with Crippen molar-refractivity contribution in [2.75, 3.05) is 74.2 Å². The number of nitrogens with one attached hydrogen (secondary N) is 1. The van der Waals surface area contributed by atoms with Crippen molar-refractivity contribution in [2.24, 2.45) is 0 Å². The Kier molecular flexibility index (Phi) is 15.0. The molecule has 356 valence electrons. The van der Waals surface area contributed by atoms with Crippen molar-refractivity contribution in [2.45, 2.75) is 56.3 Å². The Morgan fingerprint density at radius 1 is 0.882 bits per heavy atom. The van der Waals surface area contributed by atoms with Crippen molar-refractivity contribution in [3.8, 4) is 22.4 Å². The number of rotatable bonds is 17. The molecular formula is C52H59ClN7O6PS. The maximum atomic E-state index is 15.1. The highest BCUT2D eigenvalue weighted by Gasteiger charge is 2.47. The van der Waals surface area contributed by atoms with Crippen LogP contribution in [0.2, 0.25) is 5.02 Å². The molecule has 0 bridgehead atoms. The minimum Gasteiger partial charge on any atom is -0.478 e. The van der Waals surface area contributed by atoms with Gasteiger partial charge in [-0.3, -0.25) is 14.7 Å². The van der Waals surface area contributed by atoms with Gasteiger partial charge in [0.25, 0.3) is 5.69 Å². The molecule has 1 unspecified atom stereocenters. The Morgan fingerprint density at radius 3 is 2.19 bits per heavy atom. The van der Waals surface area contributed by atoms with E-state index >= 15 is 4.57 Å². The number of halogens is 1. The van der Waals surface area contributed by atoms with E-state index in [4.69, 9.17) is 11.6 Å². The number of nitro benzene ring substituents is 1. The van der Waals surface area contributed by atoms with Crippen LogP contribution < -0.4 is 20.4 Å². The fraction of sp³-hybridized carbons (Fsp3) is 0.327. The lowest BCUT2D eigenvalue weighted by Crippen LogP contribution is -2.46. The largest absolute Gasteiger partial charge is 0.478 e. The molecule has 2 fully saturated rings. The average Bonchev–Trinajstić information content (AvgIpc) is 3.83. The summed E-state index contributed by atoms with van der Waals surface area (Å²) < 4.78 is 17.2. The van der Waals surface area contributed by atoms with Crippen LogP contribution in [-0.4, -0.2) is 101 Å². The Bertz CT molecular complexity index is 2800. The number of nitro groups is 1. The highest BCUT2D eigenvalue weighted by molar-refractivity contribution is 7.99. The zero-order chi connectivity index (χ0) is 48.3. The Labute approximate surface area is 407 Å². The van der Waals surface area contributed by atoms with Crippen LogP contribution in [0, 0.1) is 17.0 Å². The lowest BCUT2D eigenvalue weighted by molar-refractivity contribution is -0.383. The van der Waals surface area contributed by atoms with E-state index in [0.29, 0.717) is 34.1 Å². The fourth-order valence-electron chi connectivity index (χ4n) is 9.72. The molecular weight excluding hydrogens is 917 g/mol. The van der Waals surface area contributed by atoms with Crippen LogP contribution in [-0.2, 0) is 4.57 Å². The van der Waals surface area contributed by atoms with Crippen LogP contribution >= 0.6 is 30.7 Å². The highest BCUT2D eigenvalue weighted by atomic mass is 35.5. The van der Waals surface area contributed by atoms with E-state index in [-0.39, 0.29) is 35.2 Å². The fourth-order valence-corrected chi connectivity index (χ4v) is 13.8. The topological polar surface area (TPSA) is 148 Å². The first-order chi connectivity index (χ1) is 32.6. The molecule has 16 heteroatoms. The number of aromatic nitrogens is 1. The molecule has 0 spiro atoms. The first-order valence-electron chi connectivity index (χ1n) is 23.0. The van der Waals surface area contributed by atoms with Gasteiger partial charge in [-0.25, -0.2) is 4.79 Å². The van der Waals surface area contributed by atoms with Gasteiger partial charge in [0.15, 0.2) is 0 Å². The maximum absolute atomic E-state index is 15.1. The van der Waals surface area contributed by atoms with Crippen LogP contribution in [0.15, 0.2) is 126 Å². The predicted octanol–water partition coefficient (Wildman–Crippen LogP) is 11.6. The molecule has 0 aliphatic carbocycles. The van der Waals surface area contributed by atoms with Gasteiger partial charge in [0.2, 0.25) is 7.29 Å². The minimum atomic E-state index is -3.71. The quantitative estimate of drug-likeness (QED) is 0.0346. The third-order valence-corrected chi connectivity index (χ3v) is 17.8. The SMILES string of the molecule is Cc1c(C(=O)O)c(-c2cccc(N3CCN(c4ccc([C@@H]5CCN(O)P5(=O)c5ccc(N[C@H](CCN(C)C)CSc6ccccc6)c([N+](=O)[O-])c5)cc4)CC3)c2)c(-c2ccc(Cl)cc2)n1C(C)C. The van der Waals surface area contributed by atoms with Gasteiger partial charge >= 0.3 is 5.97 Å². The van der Waals surface area contributed by atoms with Crippen molar-refractivity contribution in [1.29, 1.82) is 0 Å². The summed E-state index contributed by atoms with van der Waals surface area (Å²) in [5.41, 5.74) is 6.68. The van der Waals surface area contributed by atoms with E-state index < -0.39 is 23.8 Å². The monoisotopic (exact) mass is 975 g/mol. The number of benzene rings is 5. The van der Waals surface area contributed by atoms with E-state index in [1.165, 1.54) is 6.07 Å². The van der Waals surface area contributed by atoms with Crippen LogP contribution in [0.3, 0.4) is 0 Å². The van der Waals surface area contributed by atoms with Gasteiger partial charge in [-0.05, 0) is 132 Å². The highest BCUT2D eigenvalue weighted by Crippen LogP contribution is 2.66. The number of hydrogen-bond donors (Lipinski definition) is 3. The van der Waals surface area contributed by atoms with Gasteiger partial charge in [0.1, 0.15) is 5.69 Å². The number of carboxylic acid groups (broad SMARTS) is 1. The van der Waals surface area contributed by atoms with Crippen molar-refractivity contribution >= 4 is 64.7 Å². The number of aromatic carboxylic acids is 1. The Balaban J connectivity index is 0.980. The molecule has 2 aliphatic heterocycles. The number of nitrogens with zero attached hydrogens (tertiary/aromatic N) is 6. The predicted molar refractivity (Wildman–Crippen MR) is 277 cm³/mol. The zero-order valence-corrected chi connectivity index (χ0v) is 41.6. The molecule has 3 atom stereocenters. The normalized spacial score (nSPS) is 18.1. The van der Waals surface area contributed by atoms with E-state index in [1.807, 2.05) is 112 Å². The van der Waals surface area contributed by atoms with E-state index in [9.17, 15) is 25.2 Å². The summed E-state index contributed by atoms with van der Waals surface area (Å²) >= 11 is 7.97. The average molecular weight is 977 g/mol. The van der Waals surface area contributed by atoms with Crippen LogP contribution in [0.25, 0.3) is 22.4 Å². The molecule has 8 rings (SSSR count). The van der Waals surface area contributed by atoms with Gasteiger partial charge in [-0.1, -0.05) is 66.2 Å². The first kappa shape index (κ1) is 48.8. The second-order valence-corrected chi connectivity index (χ2v) is 22.5. The third-order valence-electron chi connectivity index (χ3n) is 13.1. The van der Waals surface area contributed by atoms with Crippen LogP contribution in [0.5, 0.6) is 0 Å². The van der Waals surface area contributed by atoms with Gasteiger partial charge in [-0.15, -0.1) is 16.6 Å². The molecule has 5 aromatic carbocycles. The van der Waals surface area contributed by atoms with Crippen molar-refractivity contribution in [3.63, 3.8) is 0 Å². The third kappa shape index (κ3) is 10.2. The molecule has 0 saturated carbocycles. The molecule has 13 nitrogen and oxygen atoms in total. The van der Waals surface area contributed by atoms with Crippen LogP contribution in [0.4, 0.5) is 22.7 Å². The summed E-state index contributed by atoms with van der Waals surface area (Å²) in [4.78, 5) is 33.8. The van der Waals surface area contributed by atoms with E-state index in [1.54, 1.807) is 23.9 Å². The van der Waals surface area contributed by atoms with E-state index in [0.717, 1.165) is 82.6 Å². The minimum absolute atomic E-state index is 0.0148. The summed E-state index contributed by atoms with van der Waals surface area (Å²) in [6, 6.07) is 38.3. The summed E-state index contributed by atoms with van der Waals surface area (Å²) in [6.07, 6.45) is 1.19. The number of anilines is 3. The van der Waals surface area contributed by atoms with Gasteiger partial charge in [0.05, 0.1) is 21.8 Å². The Hall–Kier alpha value is -5.60. The van der Waals surface area contributed by atoms with Crippen molar-refractivity contribution in [3.05, 3.63) is 153 Å². The smallest absolute Gasteiger partial charge is 0.338 e. The number of thioether (sulfide) groups is 1. The molecule has 2 saturated heterocycles. The zero-order valence-electron chi connectivity index (χ0n) is 39.1. The molecule has 0 amide bonds. The number of hydrogen-bond acceptors (Lipinski definition) is 10. The van der Waals surface area contributed by atoms with Crippen LogP contribution in [0.1, 0.15) is 60.0 Å². The summed E-state index contributed by atoms with van der Waals surface area (Å²) in [6.45, 7) is 9.90.